The van der Waals surface area contributed by atoms with E-state index in [1.54, 1.807) is 12.1 Å². The fourth-order valence-electron chi connectivity index (χ4n) is 2.37. The highest BCUT2D eigenvalue weighted by molar-refractivity contribution is 9.10. The molecule has 2 aromatic carbocycles. The molecule has 1 heterocycles. The van der Waals surface area contributed by atoms with Gasteiger partial charge in [0.1, 0.15) is 0 Å². The minimum atomic E-state index is -0.115. The van der Waals surface area contributed by atoms with Crippen LogP contribution < -0.4 is 5.32 Å². The van der Waals surface area contributed by atoms with Crippen molar-refractivity contribution in [1.82, 2.24) is 15.5 Å². The molecule has 0 radical (unpaired) electrons. The molecule has 0 aliphatic carbocycles. The number of nitrogens with zero attached hydrogens (tertiary/aromatic N) is 2. The summed E-state index contributed by atoms with van der Waals surface area (Å²) in [4.78, 5) is 16.6. The molecular formula is C19H18BrN3O2. The molecule has 0 atom stereocenters. The van der Waals surface area contributed by atoms with Crippen LogP contribution in [-0.4, -0.2) is 22.1 Å². The van der Waals surface area contributed by atoms with Crippen LogP contribution in [0.25, 0.3) is 11.4 Å². The van der Waals surface area contributed by atoms with Gasteiger partial charge < -0.3 is 9.84 Å². The molecule has 0 unspecified atom stereocenters. The zero-order chi connectivity index (χ0) is 17.8. The second-order valence-electron chi connectivity index (χ2n) is 6.02. The molecule has 128 valence electrons. The predicted molar refractivity (Wildman–Crippen MR) is 99.3 cm³/mol. The Morgan fingerprint density at radius 2 is 1.96 bits per heavy atom. The first-order valence-corrected chi connectivity index (χ1v) is 8.79. The molecule has 5 nitrogen and oxygen atoms in total. The summed E-state index contributed by atoms with van der Waals surface area (Å²) in [7, 11) is 0. The van der Waals surface area contributed by atoms with E-state index < -0.39 is 0 Å². The van der Waals surface area contributed by atoms with Crippen molar-refractivity contribution < 1.29 is 9.32 Å². The van der Waals surface area contributed by atoms with Crippen LogP contribution in [0.4, 0.5) is 0 Å². The highest BCUT2D eigenvalue weighted by Gasteiger charge is 2.12. The van der Waals surface area contributed by atoms with Crippen molar-refractivity contribution in [2.24, 2.45) is 0 Å². The summed E-state index contributed by atoms with van der Waals surface area (Å²) in [5.41, 5.74) is 2.41. The predicted octanol–water partition coefficient (Wildman–Crippen LogP) is 4.23. The number of rotatable bonds is 5. The molecule has 6 heteroatoms. The van der Waals surface area contributed by atoms with Crippen molar-refractivity contribution in [3.05, 3.63) is 70.0 Å². The number of hydrogen-bond acceptors (Lipinski definition) is 4. The zero-order valence-corrected chi connectivity index (χ0v) is 15.6. The van der Waals surface area contributed by atoms with Crippen LogP contribution in [0.2, 0.25) is 0 Å². The van der Waals surface area contributed by atoms with E-state index in [4.69, 9.17) is 4.52 Å². The Morgan fingerprint density at radius 3 is 2.68 bits per heavy atom. The molecule has 3 rings (SSSR count). The normalized spacial score (nSPS) is 10.9. The molecule has 25 heavy (non-hydrogen) atoms. The maximum Gasteiger partial charge on any atom is 0.251 e. The second kappa shape index (κ2) is 7.61. The van der Waals surface area contributed by atoms with Gasteiger partial charge in [0.05, 0.1) is 6.42 Å². The first-order chi connectivity index (χ1) is 12.0. The Hall–Kier alpha value is -2.47. The fraction of sp³-hybridized carbons (Fsp3) is 0.211. The minimum Gasteiger partial charge on any atom is -0.350 e. The SMILES string of the molecule is CC(C)NC(=O)c1cccc(-c2noc(Cc3ccc(Br)cc3)n2)c1. The number of carbonyl (C=O) groups excluding carboxylic acids is 1. The summed E-state index contributed by atoms with van der Waals surface area (Å²) < 4.78 is 6.37. The smallest absolute Gasteiger partial charge is 0.251 e. The summed E-state index contributed by atoms with van der Waals surface area (Å²) in [6, 6.07) is 15.3. The first kappa shape index (κ1) is 17.4. The third-order valence-electron chi connectivity index (χ3n) is 3.54. The molecular weight excluding hydrogens is 382 g/mol. The lowest BCUT2D eigenvalue weighted by molar-refractivity contribution is 0.0943. The zero-order valence-electron chi connectivity index (χ0n) is 14.0. The van der Waals surface area contributed by atoms with Gasteiger partial charge in [-0.15, -0.1) is 0 Å². The summed E-state index contributed by atoms with van der Waals surface area (Å²) in [5, 5.41) is 6.91. The molecule has 1 amide bonds. The van der Waals surface area contributed by atoms with E-state index in [9.17, 15) is 4.79 Å². The van der Waals surface area contributed by atoms with Crippen LogP contribution in [0.5, 0.6) is 0 Å². The monoisotopic (exact) mass is 399 g/mol. The van der Waals surface area contributed by atoms with Crippen LogP contribution in [0.3, 0.4) is 0 Å². The number of hydrogen-bond donors (Lipinski definition) is 1. The number of carbonyl (C=O) groups is 1. The second-order valence-corrected chi connectivity index (χ2v) is 6.94. The molecule has 0 aliphatic heterocycles. The van der Waals surface area contributed by atoms with Crippen LogP contribution >= 0.6 is 15.9 Å². The number of amides is 1. The number of halogens is 1. The Balaban J connectivity index is 1.78. The van der Waals surface area contributed by atoms with Crippen molar-refractivity contribution in [3.8, 4) is 11.4 Å². The highest BCUT2D eigenvalue weighted by Crippen LogP contribution is 2.19. The van der Waals surface area contributed by atoms with E-state index in [2.05, 4.69) is 31.4 Å². The molecule has 1 N–H and O–H groups in total. The van der Waals surface area contributed by atoms with Crippen molar-refractivity contribution in [2.75, 3.05) is 0 Å². The number of nitrogens with one attached hydrogen (secondary N) is 1. The van der Waals surface area contributed by atoms with Gasteiger partial charge in [0, 0.05) is 21.6 Å². The first-order valence-electron chi connectivity index (χ1n) is 7.99. The standard InChI is InChI=1S/C19H18BrN3O2/c1-12(2)21-19(24)15-5-3-4-14(11-15)18-22-17(25-23-18)10-13-6-8-16(20)9-7-13/h3-9,11-12H,10H2,1-2H3,(H,21,24). The van der Waals surface area contributed by atoms with Gasteiger partial charge in [-0.25, -0.2) is 0 Å². The van der Waals surface area contributed by atoms with Gasteiger partial charge in [0.15, 0.2) is 0 Å². The number of aromatic nitrogens is 2. The van der Waals surface area contributed by atoms with Gasteiger partial charge >= 0.3 is 0 Å². The van der Waals surface area contributed by atoms with Gasteiger partial charge in [0.2, 0.25) is 11.7 Å². The van der Waals surface area contributed by atoms with E-state index in [-0.39, 0.29) is 11.9 Å². The van der Waals surface area contributed by atoms with Crippen molar-refractivity contribution in [2.45, 2.75) is 26.3 Å². The van der Waals surface area contributed by atoms with Gasteiger partial charge in [-0.1, -0.05) is 45.4 Å². The summed E-state index contributed by atoms with van der Waals surface area (Å²) in [5.74, 6) is 0.899. The van der Waals surface area contributed by atoms with E-state index >= 15 is 0 Å². The minimum absolute atomic E-state index is 0.0823. The van der Waals surface area contributed by atoms with Crippen molar-refractivity contribution in [1.29, 1.82) is 0 Å². The lowest BCUT2D eigenvalue weighted by Crippen LogP contribution is -2.30. The van der Waals surface area contributed by atoms with Gasteiger partial charge in [0.25, 0.3) is 5.91 Å². The van der Waals surface area contributed by atoms with Gasteiger partial charge in [-0.05, 0) is 43.7 Å². The fourth-order valence-corrected chi connectivity index (χ4v) is 2.63. The Kier molecular flexibility index (Phi) is 5.28. The van der Waals surface area contributed by atoms with E-state index in [0.717, 1.165) is 15.6 Å². The van der Waals surface area contributed by atoms with Crippen LogP contribution in [-0.2, 0) is 6.42 Å². The van der Waals surface area contributed by atoms with Gasteiger partial charge in [-0.3, -0.25) is 4.79 Å². The average Bonchev–Trinajstić information content (AvgIpc) is 3.05. The van der Waals surface area contributed by atoms with E-state index in [1.807, 2.05) is 50.2 Å². The quantitative estimate of drug-likeness (QED) is 0.696. The summed E-state index contributed by atoms with van der Waals surface area (Å²) in [6.07, 6.45) is 0.563. The molecule has 1 aromatic heterocycles. The molecule has 0 bridgehead atoms. The molecule has 0 saturated heterocycles. The molecule has 0 spiro atoms. The van der Waals surface area contributed by atoms with Crippen molar-refractivity contribution in [3.63, 3.8) is 0 Å². The number of benzene rings is 2. The van der Waals surface area contributed by atoms with Crippen LogP contribution in [0.15, 0.2) is 57.5 Å². The lowest BCUT2D eigenvalue weighted by Gasteiger charge is -2.08. The van der Waals surface area contributed by atoms with E-state index in [1.165, 1.54) is 0 Å². The average molecular weight is 400 g/mol. The molecule has 3 aromatic rings. The maximum atomic E-state index is 12.1. The Morgan fingerprint density at radius 1 is 1.20 bits per heavy atom. The largest absolute Gasteiger partial charge is 0.350 e. The summed E-state index contributed by atoms with van der Waals surface area (Å²) in [6.45, 7) is 3.85. The van der Waals surface area contributed by atoms with Crippen molar-refractivity contribution >= 4 is 21.8 Å². The molecule has 0 saturated carbocycles. The van der Waals surface area contributed by atoms with E-state index in [0.29, 0.717) is 23.7 Å². The molecule has 0 fully saturated rings. The Labute approximate surface area is 154 Å². The van der Waals surface area contributed by atoms with Crippen LogP contribution in [0.1, 0.15) is 35.7 Å². The lowest BCUT2D eigenvalue weighted by atomic mass is 10.1. The molecule has 0 aliphatic rings. The summed E-state index contributed by atoms with van der Waals surface area (Å²) >= 11 is 3.41. The van der Waals surface area contributed by atoms with Gasteiger partial charge in [-0.2, -0.15) is 4.98 Å². The maximum absolute atomic E-state index is 12.1. The third-order valence-corrected chi connectivity index (χ3v) is 4.07. The highest BCUT2D eigenvalue weighted by atomic mass is 79.9. The van der Waals surface area contributed by atoms with Crippen LogP contribution in [0, 0.1) is 0 Å². The Bertz CT molecular complexity index is 872. The third kappa shape index (κ3) is 4.54. The topological polar surface area (TPSA) is 68.0 Å².